The Morgan fingerprint density at radius 1 is 1.18 bits per heavy atom. The van der Waals surface area contributed by atoms with E-state index in [1.165, 1.54) is 0 Å². The second-order valence-electron chi connectivity index (χ2n) is 6.49. The summed E-state index contributed by atoms with van der Waals surface area (Å²) in [6, 6.07) is 13.9. The molecule has 0 aliphatic carbocycles. The van der Waals surface area contributed by atoms with Gasteiger partial charge in [-0.25, -0.2) is 9.97 Å². The van der Waals surface area contributed by atoms with Crippen molar-refractivity contribution in [3.63, 3.8) is 0 Å². The maximum atomic E-state index is 11.4. The molecule has 6 N–H and O–H groups in total. The zero-order valence-corrected chi connectivity index (χ0v) is 15.6. The first-order valence-electron chi connectivity index (χ1n) is 9.04. The summed E-state index contributed by atoms with van der Waals surface area (Å²) in [7, 11) is 0. The molecule has 0 unspecified atom stereocenters. The lowest BCUT2D eigenvalue weighted by atomic mass is 10.00. The van der Waals surface area contributed by atoms with Crippen LogP contribution in [-0.2, 0) is 0 Å². The maximum absolute atomic E-state index is 11.4. The van der Waals surface area contributed by atoms with Gasteiger partial charge >= 0.3 is 0 Å². The summed E-state index contributed by atoms with van der Waals surface area (Å²) in [5.41, 5.74) is 13.8. The van der Waals surface area contributed by atoms with Crippen molar-refractivity contribution in [1.29, 1.82) is 0 Å². The van der Waals surface area contributed by atoms with Crippen LogP contribution in [0.3, 0.4) is 0 Å². The van der Waals surface area contributed by atoms with E-state index < -0.39 is 5.91 Å². The van der Waals surface area contributed by atoms with Crippen molar-refractivity contribution in [3.05, 3.63) is 60.3 Å². The molecule has 7 heteroatoms. The van der Waals surface area contributed by atoms with Crippen LogP contribution in [-0.4, -0.2) is 33.6 Å². The Morgan fingerprint density at radius 3 is 2.71 bits per heavy atom. The van der Waals surface area contributed by atoms with E-state index in [1.807, 2.05) is 13.0 Å². The molecule has 7 nitrogen and oxygen atoms in total. The number of primary amides is 1. The molecular formula is C21H23N5O2. The van der Waals surface area contributed by atoms with Crippen molar-refractivity contribution in [2.45, 2.75) is 19.4 Å². The first-order valence-corrected chi connectivity index (χ1v) is 9.04. The minimum absolute atomic E-state index is 0.0349. The number of hydrogen-bond donors (Lipinski definition) is 4. The van der Waals surface area contributed by atoms with Crippen LogP contribution in [0.2, 0.25) is 0 Å². The molecule has 1 heterocycles. The molecular weight excluding hydrogens is 354 g/mol. The second-order valence-corrected chi connectivity index (χ2v) is 6.49. The standard InChI is InChI=1S/C21H23N5O2/c1-2-16(22)12-25-19-8-9-24-21(26-19)17-11-14(6-7-18(17)27)13-4-3-5-15(10-13)20(23)28/h3-11,16,27H,2,12,22H2,1H3,(H2,23,28)(H,24,25,26)/t16-/m1/s1. The predicted octanol–water partition coefficient (Wildman–Crippen LogP) is 2.76. The number of phenolic OH excluding ortho intramolecular Hbond substituents is 1. The zero-order chi connectivity index (χ0) is 20.1. The minimum Gasteiger partial charge on any atom is -0.507 e. The maximum Gasteiger partial charge on any atom is 0.248 e. The third-order valence-electron chi connectivity index (χ3n) is 4.44. The van der Waals surface area contributed by atoms with E-state index in [9.17, 15) is 9.90 Å². The molecule has 1 aromatic heterocycles. The number of nitrogens with two attached hydrogens (primary N) is 2. The zero-order valence-electron chi connectivity index (χ0n) is 15.6. The van der Waals surface area contributed by atoms with E-state index in [0.717, 1.165) is 17.5 Å². The molecule has 0 fully saturated rings. The molecule has 0 spiro atoms. The highest BCUT2D eigenvalue weighted by atomic mass is 16.3. The van der Waals surface area contributed by atoms with Crippen LogP contribution in [0.1, 0.15) is 23.7 Å². The van der Waals surface area contributed by atoms with Crippen LogP contribution < -0.4 is 16.8 Å². The molecule has 144 valence electrons. The highest BCUT2D eigenvalue weighted by molar-refractivity contribution is 5.94. The van der Waals surface area contributed by atoms with Gasteiger partial charge in [0.25, 0.3) is 0 Å². The number of phenols is 1. The lowest BCUT2D eigenvalue weighted by Gasteiger charge is -2.12. The molecule has 0 radical (unpaired) electrons. The smallest absolute Gasteiger partial charge is 0.248 e. The Kier molecular flexibility index (Phi) is 5.86. The van der Waals surface area contributed by atoms with Crippen molar-refractivity contribution < 1.29 is 9.90 Å². The highest BCUT2D eigenvalue weighted by Gasteiger charge is 2.12. The van der Waals surface area contributed by atoms with Gasteiger partial charge in [0.2, 0.25) is 5.91 Å². The van der Waals surface area contributed by atoms with E-state index >= 15 is 0 Å². The number of amides is 1. The van der Waals surface area contributed by atoms with Gasteiger partial charge in [0.05, 0.1) is 5.56 Å². The second kappa shape index (κ2) is 8.49. The molecule has 0 aliphatic heterocycles. The summed E-state index contributed by atoms with van der Waals surface area (Å²) in [5.74, 6) is 0.598. The number of carbonyl (C=O) groups is 1. The van der Waals surface area contributed by atoms with Crippen molar-refractivity contribution in [3.8, 4) is 28.3 Å². The van der Waals surface area contributed by atoms with Crippen molar-refractivity contribution >= 4 is 11.7 Å². The Morgan fingerprint density at radius 2 is 1.96 bits per heavy atom. The molecule has 3 rings (SSSR count). The minimum atomic E-state index is -0.492. The number of anilines is 1. The summed E-state index contributed by atoms with van der Waals surface area (Å²) >= 11 is 0. The van der Waals surface area contributed by atoms with Crippen LogP contribution in [0, 0.1) is 0 Å². The fourth-order valence-electron chi connectivity index (χ4n) is 2.71. The molecule has 0 aliphatic rings. The lowest BCUT2D eigenvalue weighted by Crippen LogP contribution is -2.28. The van der Waals surface area contributed by atoms with Gasteiger partial charge in [0, 0.05) is 24.3 Å². The van der Waals surface area contributed by atoms with Crippen LogP contribution in [0.25, 0.3) is 22.5 Å². The van der Waals surface area contributed by atoms with Gasteiger partial charge < -0.3 is 21.9 Å². The fraction of sp³-hybridized carbons (Fsp3) is 0.190. The topological polar surface area (TPSA) is 127 Å². The molecule has 2 aromatic carbocycles. The summed E-state index contributed by atoms with van der Waals surface area (Å²) in [6.45, 7) is 2.62. The average molecular weight is 377 g/mol. The van der Waals surface area contributed by atoms with Crippen LogP contribution in [0.4, 0.5) is 5.82 Å². The van der Waals surface area contributed by atoms with Crippen LogP contribution >= 0.6 is 0 Å². The Labute approximate surface area is 163 Å². The normalized spacial score (nSPS) is 11.8. The number of aromatic nitrogens is 2. The van der Waals surface area contributed by atoms with Crippen molar-refractivity contribution in [2.24, 2.45) is 11.5 Å². The predicted molar refractivity (Wildman–Crippen MR) is 110 cm³/mol. The van der Waals surface area contributed by atoms with E-state index in [4.69, 9.17) is 11.5 Å². The average Bonchev–Trinajstić information content (AvgIpc) is 2.72. The number of rotatable bonds is 7. The van der Waals surface area contributed by atoms with Gasteiger partial charge in [-0.1, -0.05) is 25.1 Å². The Hall–Kier alpha value is -3.45. The first kappa shape index (κ1) is 19.3. The molecule has 3 aromatic rings. The number of hydrogen-bond acceptors (Lipinski definition) is 6. The molecule has 1 atom stereocenters. The molecule has 0 saturated heterocycles. The van der Waals surface area contributed by atoms with Crippen LogP contribution in [0.5, 0.6) is 5.75 Å². The van der Waals surface area contributed by atoms with Gasteiger partial charge in [-0.3, -0.25) is 4.79 Å². The SMILES string of the molecule is CC[C@@H](N)CNc1ccnc(-c2cc(-c3cccc(C(N)=O)c3)ccc2O)n1. The lowest BCUT2D eigenvalue weighted by molar-refractivity contribution is 0.100. The highest BCUT2D eigenvalue weighted by Crippen LogP contribution is 2.32. The summed E-state index contributed by atoms with van der Waals surface area (Å²) < 4.78 is 0. The number of nitrogens with zero attached hydrogens (tertiary/aromatic N) is 2. The van der Waals surface area contributed by atoms with Gasteiger partial charge in [-0.15, -0.1) is 0 Å². The third kappa shape index (κ3) is 4.44. The number of nitrogens with one attached hydrogen (secondary N) is 1. The van der Waals surface area contributed by atoms with Crippen molar-refractivity contribution in [1.82, 2.24) is 9.97 Å². The molecule has 28 heavy (non-hydrogen) atoms. The van der Waals surface area contributed by atoms with E-state index in [2.05, 4.69) is 15.3 Å². The summed E-state index contributed by atoms with van der Waals surface area (Å²) in [4.78, 5) is 20.2. The largest absolute Gasteiger partial charge is 0.507 e. The first-order chi connectivity index (χ1) is 13.5. The van der Waals surface area contributed by atoms with Crippen molar-refractivity contribution in [2.75, 3.05) is 11.9 Å². The fourth-order valence-corrected chi connectivity index (χ4v) is 2.71. The molecule has 1 amide bonds. The summed E-state index contributed by atoms with van der Waals surface area (Å²) in [6.07, 6.45) is 2.49. The quantitative estimate of drug-likeness (QED) is 0.501. The number of carbonyl (C=O) groups excluding carboxylic acids is 1. The number of benzene rings is 2. The Bertz CT molecular complexity index is 990. The number of aromatic hydroxyl groups is 1. The molecule has 0 bridgehead atoms. The van der Waals surface area contributed by atoms with E-state index in [1.54, 1.807) is 48.7 Å². The van der Waals surface area contributed by atoms with Gasteiger partial charge in [-0.2, -0.15) is 0 Å². The Balaban J connectivity index is 1.94. The van der Waals surface area contributed by atoms with Crippen LogP contribution in [0.15, 0.2) is 54.7 Å². The van der Waals surface area contributed by atoms with E-state index in [0.29, 0.717) is 29.3 Å². The summed E-state index contributed by atoms with van der Waals surface area (Å²) in [5, 5.41) is 13.5. The van der Waals surface area contributed by atoms with E-state index in [-0.39, 0.29) is 11.8 Å². The third-order valence-corrected chi connectivity index (χ3v) is 4.44. The molecule has 0 saturated carbocycles. The monoisotopic (exact) mass is 377 g/mol. The van der Waals surface area contributed by atoms with Gasteiger partial charge in [-0.05, 0) is 47.9 Å². The van der Waals surface area contributed by atoms with Gasteiger partial charge in [0.1, 0.15) is 11.6 Å². The van der Waals surface area contributed by atoms with Gasteiger partial charge in [0.15, 0.2) is 5.82 Å².